The Morgan fingerprint density at radius 3 is 2.35 bits per heavy atom. The monoisotopic (exact) mass is 382 g/mol. The number of anilines is 2. The molecule has 2 rings (SSSR count). The number of halogens is 1. The second kappa shape index (κ2) is 6.39. The summed E-state index contributed by atoms with van der Waals surface area (Å²) in [4.78, 5) is 11.3. The van der Waals surface area contributed by atoms with Gasteiger partial charge in [0, 0.05) is 31.9 Å². The van der Waals surface area contributed by atoms with Crippen LogP contribution in [0.1, 0.15) is 12.6 Å². The average Bonchev–Trinajstić information content (AvgIpc) is 2.44. The molecule has 0 aliphatic rings. The molecule has 0 saturated heterocycles. The summed E-state index contributed by atoms with van der Waals surface area (Å²) in [6.45, 7) is 4.94. The highest BCUT2D eigenvalue weighted by Gasteiger charge is 2.10. The van der Waals surface area contributed by atoms with Gasteiger partial charge in [-0.2, -0.15) is 0 Å². The zero-order valence-corrected chi connectivity index (χ0v) is 14.4. The predicted molar refractivity (Wildman–Crippen MR) is 93.4 cm³/mol. The van der Waals surface area contributed by atoms with Crippen molar-refractivity contribution in [3.05, 3.63) is 33.5 Å². The molecule has 0 unspecified atom stereocenters. The minimum absolute atomic E-state index is 0.768. The number of benzene rings is 1. The molecule has 0 atom stereocenters. The van der Waals surface area contributed by atoms with Crippen molar-refractivity contribution in [2.24, 2.45) is 0 Å². The predicted octanol–water partition coefficient (Wildman–Crippen LogP) is 3.55. The number of nitrogens with zero attached hydrogens (tertiary/aromatic N) is 3. The largest absolute Gasteiger partial charge is 0.378 e. The average molecular weight is 382 g/mol. The second-order valence-corrected chi connectivity index (χ2v) is 5.85. The van der Waals surface area contributed by atoms with Crippen LogP contribution < -0.4 is 10.2 Å². The number of hydrogen-bond acceptors (Lipinski definition) is 4. The second-order valence-electron chi connectivity index (χ2n) is 4.77. The lowest BCUT2D eigenvalue weighted by molar-refractivity contribution is 1.06. The Labute approximate surface area is 133 Å². The molecule has 0 aliphatic carbocycles. The Morgan fingerprint density at radius 1 is 1.15 bits per heavy atom. The molecule has 5 heteroatoms. The van der Waals surface area contributed by atoms with E-state index in [0.717, 1.165) is 33.0 Å². The first-order valence-corrected chi connectivity index (χ1v) is 7.66. The summed E-state index contributed by atoms with van der Waals surface area (Å²) in [5.41, 5.74) is 3.21. The molecule has 1 N–H and O–H groups in total. The van der Waals surface area contributed by atoms with Crippen LogP contribution in [-0.2, 0) is 0 Å². The van der Waals surface area contributed by atoms with Crippen molar-refractivity contribution < 1.29 is 0 Å². The molecular formula is C15H19IN4. The van der Waals surface area contributed by atoms with Gasteiger partial charge in [0.1, 0.15) is 5.82 Å². The highest BCUT2D eigenvalue weighted by atomic mass is 127. The van der Waals surface area contributed by atoms with Crippen molar-refractivity contribution in [3.8, 4) is 11.4 Å². The van der Waals surface area contributed by atoms with E-state index in [0.29, 0.717) is 0 Å². The van der Waals surface area contributed by atoms with Crippen LogP contribution in [0, 0.1) is 10.5 Å². The van der Waals surface area contributed by atoms with Gasteiger partial charge in [-0.15, -0.1) is 0 Å². The summed E-state index contributed by atoms with van der Waals surface area (Å²) in [6.07, 6.45) is 0. The first-order valence-electron chi connectivity index (χ1n) is 6.58. The summed E-state index contributed by atoms with van der Waals surface area (Å²) < 4.78 is 1.08. The maximum Gasteiger partial charge on any atom is 0.161 e. The molecule has 4 nitrogen and oxygen atoms in total. The van der Waals surface area contributed by atoms with E-state index in [9.17, 15) is 0 Å². The first kappa shape index (κ1) is 15.0. The molecule has 1 heterocycles. The summed E-state index contributed by atoms with van der Waals surface area (Å²) in [5.74, 6) is 1.68. The van der Waals surface area contributed by atoms with Gasteiger partial charge in [-0.05, 0) is 60.7 Å². The Bertz CT molecular complexity index is 594. The maximum atomic E-state index is 4.62. The van der Waals surface area contributed by atoms with Gasteiger partial charge in [-0.3, -0.25) is 0 Å². The van der Waals surface area contributed by atoms with Crippen molar-refractivity contribution in [3.63, 3.8) is 0 Å². The zero-order valence-electron chi connectivity index (χ0n) is 12.2. The minimum Gasteiger partial charge on any atom is -0.378 e. The molecule has 1 aromatic carbocycles. The van der Waals surface area contributed by atoms with Crippen LogP contribution in [0.3, 0.4) is 0 Å². The Morgan fingerprint density at radius 2 is 1.80 bits per heavy atom. The van der Waals surface area contributed by atoms with E-state index < -0.39 is 0 Å². The normalized spacial score (nSPS) is 10.4. The highest BCUT2D eigenvalue weighted by Crippen LogP contribution is 2.25. The van der Waals surface area contributed by atoms with Crippen molar-refractivity contribution in [2.75, 3.05) is 30.9 Å². The fraction of sp³-hybridized carbons (Fsp3) is 0.333. The van der Waals surface area contributed by atoms with Gasteiger partial charge in [0.05, 0.1) is 9.26 Å². The third kappa shape index (κ3) is 3.20. The molecule has 2 aromatic rings. The molecule has 0 fully saturated rings. The molecule has 0 spiro atoms. The lowest BCUT2D eigenvalue weighted by Crippen LogP contribution is -2.08. The van der Waals surface area contributed by atoms with Crippen molar-refractivity contribution in [1.82, 2.24) is 9.97 Å². The standard InChI is InChI=1S/C15H19IN4/c1-5-17-15-13(16)10(2)18-14(19-15)11-6-8-12(9-7-11)20(3)4/h6-9H,5H2,1-4H3,(H,17,18,19). The molecule has 0 aliphatic heterocycles. The van der Waals surface area contributed by atoms with E-state index in [-0.39, 0.29) is 0 Å². The third-order valence-electron chi connectivity index (χ3n) is 3.00. The quantitative estimate of drug-likeness (QED) is 0.822. The van der Waals surface area contributed by atoms with Crippen LogP contribution in [0.4, 0.5) is 11.5 Å². The van der Waals surface area contributed by atoms with Crippen molar-refractivity contribution in [1.29, 1.82) is 0 Å². The molecule has 0 bridgehead atoms. The highest BCUT2D eigenvalue weighted by molar-refractivity contribution is 14.1. The molecular weight excluding hydrogens is 363 g/mol. The van der Waals surface area contributed by atoms with Crippen molar-refractivity contribution >= 4 is 34.1 Å². The fourth-order valence-corrected chi connectivity index (χ4v) is 2.31. The molecule has 1 aromatic heterocycles. The number of aromatic nitrogens is 2. The van der Waals surface area contributed by atoms with Crippen LogP contribution in [0.5, 0.6) is 0 Å². The summed E-state index contributed by atoms with van der Waals surface area (Å²) in [6, 6.07) is 8.29. The molecule has 0 amide bonds. The zero-order chi connectivity index (χ0) is 14.7. The van der Waals surface area contributed by atoms with Gasteiger partial charge >= 0.3 is 0 Å². The van der Waals surface area contributed by atoms with Gasteiger partial charge in [0.15, 0.2) is 5.82 Å². The number of rotatable bonds is 4. The number of nitrogens with one attached hydrogen (secondary N) is 1. The topological polar surface area (TPSA) is 41.1 Å². The van der Waals surface area contributed by atoms with Crippen molar-refractivity contribution in [2.45, 2.75) is 13.8 Å². The van der Waals surface area contributed by atoms with E-state index in [1.54, 1.807) is 0 Å². The van der Waals surface area contributed by atoms with E-state index in [1.165, 1.54) is 5.69 Å². The third-order valence-corrected chi connectivity index (χ3v) is 4.29. The summed E-state index contributed by atoms with van der Waals surface area (Å²) in [7, 11) is 4.06. The van der Waals surface area contributed by atoms with E-state index in [2.05, 4.69) is 74.0 Å². The van der Waals surface area contributed by atoms with Gasteiger partial charge in [0.25, 0.3) is 0 Å². The van der Waals surface area contributed by atoms with Gasteiger partial charge in [-0.1, -0.05) is 0 Å². The van der Waals surface area contributed by atoms with E-state index >= 15 is 0 Å². The maximum absolute atomic E-state index is 4.62. The molecule has 0 saturated carbocycles. The van der Waals surface area contributed by atoms with Gasteiger partial charge < -0.3 is 10.2 Å². The lowest BCUT2D eigenvalue weighted by atomic mass is 10.2. The van der Waals surface area contributed by atoms with Gasteiger partial charge in [-0.25, -0.2) is 9.97 Å². The molecule has 106 valence electrons. The molecule has 0 radical (unpaired) electrons. The van der Waals surface area contributed by atoms with Crippen LogP contribution in [-0.4, -0.2) is 30.6 Å². The first-order chi connectivity index (χ1) is 9.52. The summed E-state index contributed by atoms with van der Waals surface area (Å²) >= 11 is 2.28. The number of aryl methyl sites for hydroxylation is 1. The lowest BCUT2D eigenvalue weighted by Gasteiger charge is -2.13. The minimum atomic E-state index is 0.768. The van der Waals surface area contributed by atoms with Gasteiger partial charge in [0.2, 0.25) is 0 Å². The number of hydrogen-bond donors (Lipinski definition) is 1. The Hall–Kier alpha value is -1.37. The smallest absolute Gasteiger partial charge is 0.161 e. The Balaban J connectivity index is 2.41. The SMILES string of the molecule is CCNc1nc(-c2ccc(N(C)C)cc2)nc(C)c1I. The van der Waals surface area contributed by atoms with Crippen LogP contribution in [0.2, 0.25) is 0 Å². The van der Waals surface area contributed by atoms with Crippen LogP contribution >= 0.6 is 22.6 Å². The summed E-state index contributed by atoms with van der Waals surface area (Å²) in [5, 5.41) is 3.29. The van der Waals surface area contributed by atoms with Crippen LogP contribution in [0.25, 0.3) is 11.4 Å². The van der Waals surface area contributed by atoms with Crippen LogP contribution in [0.15, 0.2) is 24.3 Å². The van der Waals surface area contributed by atoms with E-state index in [4.69, 9.17) is 0 Å². The fourth-order valence-electron chi connectivity index (χ4n) is 1.88. The van der Waals surface area contributed by atoms with E-state index in [1.807, 2.05) is 21.0 Å². The molecule has 20 heavy (non-hydrogen) atoms. The Kier molecular flexibility index (Phi) is 4.80.